The normalized spacial score (nSPS) is 17.2. The van der Waals surface area contributed by atoms with Crippen molar-refractivity contribution in [1.29, 1.82) is 0 Å². The van der Waals surface area contributed by atoms with E-state index in [0.717, 1.165) is 24.2 Å². The van der Waals surface area contributed by atoms with E-state index in [4.69, 9.17) is 14.2 Å². The van der Waals surface area contributed by atoms with Crippen LogP contribution in [-0.2, 0) is 14.3 Å². The van der Waals surface area contributed by atoms with Gasteiger partial charge in [-0.25, -0.2) is 4.79 Å². The Bertz CT molecular complexity index is 703. The molecule has 1 aromatic carbocycles. The zero-order chi connectivity index (χ0) is 22.4. The number of carbonyl (C=O) groups is 2. The third-order valence-corrected chi connectivity index (χ3v) is 5.57. The van der Waals surface area contributed by atoms with Crippen LogP contribution in [-0.4, -0.2) is 63.0 Å². The summed E-state index contributed by atoms with van der Waals surface area (Å²) in [5, 5.41) is 3.10. The SMILES string of the molecule is COCC1(CNC(=O)[C@@H](C)c2ccc(OC)cc2)CCN(C(=O)OC(C)(C)C)CC1. The van der Waals surface area contributed by atoms with E-state index >= 15 is 0 Å². The van der Waals surface area contributed by atoms with Crippen LogP contribution in [0.2, 0.25) is 0 Å². The maximum atomic E-state index is 12.7. The summed E-state index contributed by atoms with van der Waals surface area (Å²) in [5.74, 6) is 0.477. The standard InChI is InChI=1S/C23H36N2O5/c1-17(18-7-9-19(29-6)10-8-18)20(26)24-15-23(16-28-5)11-13-25(14-12-23)21(27)30-22(2,3)4/h7-10,17H,11-16H2,1-6H3,(H,24,26)/t17-/m0/s1. The molecule has 0 radical (unpaired) electrons. The average molecular weight is 421 g/mol. The Labute approximate surface area is 180 Å². The molecule has 168 valence electrons. The van der Waals surface area contributed by atoms with E-state index in [2.05, 4.69) is 5.32 Å². The molecule has 1 aliphatic heterocycles. The minimum absolute atomic E-state index is 0.0229. The van der Waals surface area contributed by atoms with Gasteiger partial charge in [-0.3, -0.25) is 4.79 Å². The number of amides is 2. The smallest absolute Gasteiger partial charge is 0.410 e. The van der Waals surface area contributed by atoms with Gasteiger partial charge in [-0.15, -0.1) is 0 Å². The van der Waals surface area contributed by atoms with Gasteiger partial charge < -0.3 is 24.4 Å². The third kappa shape index (κ3) is 6.62. The predicted molar refractivity (Wildman–Crippen MR) is 116 cm³/mol. The van der Waals surface area contributed by atoms with Crippen molar-refractivity contribution in [2.24, 2.45) is 5.41 Å². The Kier molecular flexibility index (Phi) is 8.12. The molecule has 0 aliphatic carbocycles. The Hall–Kier alpha value is -2.28. The number of nitrogens with one attached hydrogen (secondary N) is 1. The van der Waals surface area contributed by atoms with Crippen LogP contribution in [0.25, 0.3) is 0 Å². The van der Waals surface area contributed by atoms with Crippen LogP contribution in [0, 0.1) is 5.41 Å². The van der Waals surface area contributed by atoms with Crippen LogP contribution in [0.5, 0.6) is 5.75 Å². The first-order valence-corrected chi connectivity index (χ1v) is 10.5. The number of carbonyl (C=O) groups excluding carboxylic acids is 2. The van der Waals surface area contributed by atoms with Crippen molar-refractivity contribution >= 4 is 12.0 Å². The Morgan fingerprint density at radius 3 is 2.23 bits per heavy atom. The van der Waals surface area contributed by atoms with E-state index in [9.17, 15) is 9.59 Å². The molecule has 0 saturated carbocycles. The average Bonchev–Trinajstić information content (AvgIpc) is 2.71. The van der Waals surface area contributed by atoms with Crippen molar-refractivity contribution in [1.82, 2.24) is 10.2 Å². The molecule has 1 N–H and O–H groups in total. The number of nitrogens with zero attached hydrogens (tertiary/aromatic N) is 1. The molecule has 0 spiro atoms. The van der Waals surface area contributed by atoms with E-state index in [-0.39, 0.29) is 23.3 Å². The van der Waals surface area contributed by atoms with Crippen LogP contribution in [0.15, 0.2) is 24.3 Å². The molecule has 2 amide bonds. The van der Waals surface area contributed by atoms with Crippen molar-refractivity contribution in [3.8, 4) is 5.75 Å². The molecule has 0 unspecified atom stereocenters. The molecule has 1 fully saturated rings. The molecule has 0 aromatic heterocycles. The van der Waals surface area contributed by atoms with Crippen molar-refractivity contribution in [2.45, 2.75) is 52.1 Å². The number of methoxy groups -OCH3 is 2. The lowest BCUT2D eigenvalue weighted by atomic mass is 9.79. The van der Waals surface area contributed by atoms with E-state index in [1.54, 1.807) is 19.1 Å². The number of rotatable bonds is 7. The summed E-state index contributed by atoms with van der Waals surface area (Å²) in [4.78, 5) is 26.8. The van der Waals surface area contributed by atoms with Gasteiger partial charge in [-0.1, -0.05) is 12.1 Å². The summed E-state index contributed by atoms with van der Waals surface area (Å²) in [6.07, 6.45) is 1.21. The molecule has 1 saturated heterocycles. The number of likely N-dealkylation sites (tertiary alicyclic amines) is 1. The molecule has 7 nitrogen and oxygen atoms in total. The summed E-state index contributed by atoms with van der Waals surface area (Å²) in [6.45, 7) is 9.71. The first-order valence-electron chi connectivity index (χ1n) is 10.5. The number of benzene rings is 1. The summed E-state index contributed by atoms with van der Waals surface area (Å²) < 4.78 is 16.1. The number of piperidine rings is 1. The second kappa shape index (κ2) is 10.2. The summed E-state index contributed by atoms with van der Waals surface area (Å²) in [5.41, 5.74) is 0.237. The maximum Gasteiger partial charge on any atom is 0.410 e. The fraction of sp³-hybridized carbons (Fsp3) is 0.652. The molecule has 1 aliphatic rings. The van der Waals surface area contributed by atoms with Crippen molar-refractivity contribution < 1.29 is 23.8 Å². The van der Waals surface area contributed by atoms with Gasteiger partial charge >= 0.3 is 6.09 Å². The lowest BCUT2D eigenvalue weighted by Crippen LogP contribution is -2.51. The van der Waals surface area contributed by atoms with Gasteiger partial charge in [0.2, 0.25) is 5.91 Å². The maximum absolute atomic E-state index is 12.7. The summed E-state index contributed by atoms with van der Waals surface area (Å²) in [7, 11) is 3.29. The fourth-order valence-corrected chi connectivity index (χ4v) is 3.64. The van der Waals surface area contributed by atoms with Gasteiger partial charge in [0.25, 0.3) is 0 Å². The van der Waals surface area contributed by atoms with Gasteiger partial charge in [0, 0.05) is 32.2 Å². The molecular weight excluding hydrogens is 384 g/mol. The van der Waals surface area contributed by atoms with Crippen LogP contribution in [0.4, 0.5) is 4.79 Å². The molecule has 7 heteroatoms. The quantitative estimate of drug-likeness (QED) is 0.730. The van der Waals surface area contributed by atoms with Gasteiger partial charge in [0.1, 0.15) is 11.4 Å². The van der Waals surface area contributed by atoms with Crippen molar-refractivity contribution in [3.63, 3.8) is 0 Å². The Balaban J connectivity index is 1.93. The van der Waals surface area contributed by atoms with E-state index in [1.165, 1.54) is 0 Å². The first-order chi connectivity index (χ1) is 14.1. The second-order valence-corrected chi connectivity index (χ2v) is 9.11. The molecule has 30 heavy (non-hydrogen) atoms. The van der Waals surface area contributed by atoms with Gasteiger partial charge in [-0.2, -0.15) is 0 Å². The highest BCUT2D eigenvalue weighted by molar-refractivity contribution is 5.83. The van der Waals surface area contributed by atoms with Crippen molar-refractivity contribution in [2.75, 3.05) is 40.5 Å². The molecular formula is C23H36N2O5. The van der Waals surface area contributed by atoms with E-state index in [1.807, 2.05) is 52.0 Å². The second-order valence-electron chi connectivity index (χ2n) is 9.11. The minimum Gasteiger partial charge on any atom is -0.497 e. The highest BCUT2D eigenvalue weighted by atomic mass is 16.6. The van der Waals surface area contributed by atoms with Crippen LogP contribution in [0.1, 0.15) is 52.0 Å². The van der Waals surface area contributed by atoms with E-state index in [0.29, 0.717) is 26.2 Å². The zero-order valence-electron chi connectivity index (χ0n) is 19.1. The van der Waals surface area contributed by atoms with Crippen molar-refractivity contribution in [3.05, 3.63) is 29.8 Å². The van der Waals surface area contributed by atoms with Gasteiger partial charge in [0.05, 0.1) is 19.6 Å². The molecule has 0 bridgehead atoms. The highest BCUT2D eigenvalue weighted by Gasteiger charge is 2.37. The zero-order valence-corrected chi connectivity index (χ0v) is 19.1. The minimum atomic E-state index is -0.510. The van der Waals surface area contributed by atoms with Crippen LogP contribution >= 0.6 is 0 Å². The lowest BCUT2D eigenvalue weighted by molar-refractivity contribution is -0.123. The van der Waals surface area contributed by atoms with Gasteiger partial charge in [-0.05, 0) is 58.2 Å². The predicted octanol–water partition coefficient (Wildman–Crippen LogP) is 3.58. The molecule has 1 atom stereocenters. The van der Waals surface area contributed by atoms with E-state index < -0.39 is 5.60 Å². The summed E-state index contributed by atoms with van der Waals surface area (Å²) in [6, 6.07) is 7.54. The monoisotopic (exact) mass is 420 g/mol. The fourth-order valence-electron chi connectivity index (χ4n) is 3.64. The topological polar surface area (TPSA) is 77.1 Å². The lowest BCUT2D eigenvalue weighted by Gasteiger charge is -2.41. The number of ether oxygens (including phenoxy) is 3. The largest absolute Gasteiger partial charge is 0.497 e. The first kappa shape index (κ1) is 24.0. The number of hydrogen-bond donors (Lipinski definition) is 1. The third-order valence-electron chi connectivity index (χ3n) is 5.57. The number of hydrogen-bond acceptors (Lipinski definition) is 5. The Morgan fingerprint density at radius 2 is 1.73 bits per heavy atom. The Morgan fingerprint density at radius 1 is 1.13 bits per heavy atom. The molecule has 1 heterocycles. The van der Waals surface area contributed by atoms with Crippen LogP contribution in [0.3, 0.4) is 0 Å². The summed E-state index contributed by atoms with van der Waals surface area (Å²) >= 11 is 0. The highest BCUT2D eigenvalue weighted by Crippen LogP contribution is 2.32. The van der Waals surface area contributed by atoms with Crippen LogP contribution < -0.4 is 10.1 Å². The molecule has 1 aromatic rings. The van der Waals surface area contributed by atoms with Gasteiger partial charge in [0.15, 0.2) is 0 Å². The molecule has 2 rings (SSSR count).